The highest BCUT2D eigenvalue weighted by molar-refractivity contribution is 7.18. The maximum atomic E-state index is 12.2. The summed E-state index contributed by atoms with van der Waals surface area (Å²) in [4.78, 5) is 21.7. The van der Waals surface area contributed by atoms with E-state index in [1.807, 2.05) is 18.2 Å². The van der Waals surface area contributed by atoms with E-state index in [1.165, 1.54) is 10.3 Å². The van der Waals surface area contributed by atoms with Gasteiger partial charge in [-0.25, -0.2) is 4.98 Å². The topological polar surface area (TPSA) is 48.5 Å². The Balaban J connectivity index is 1.11. The number of nitrogens with one attached hydrogen (secondary N) is 1. The third-order valence-electron chi connectivity index (χ3n) is 5.37. The molecule has 152 valence electrons. The number of rotatable bonds is 8. The second kappa shape index (κ2) is 9.96. The summed E-state index contributed by atoms with van der Waals surface area (Å²) < 4.78 is 1.19. The zero-order chi connectivity index (χ0) is 19.9. The molecule has 1 aromatic heterocycles. The van der Waals surface area contributed by atoms with Gasteiger partial charge in [0.05, 0.1) is 15.2 Å². The van der Waals surface area contributed by atoms with Gasteiger partial charge in [0.2, 0.25) is 5.91 Å². The Kier molecular flexibility index (Phi) is 6.87. The summed E-state index contributed by atoms with van der Waals surface area (Å²) in [5.74, 6) is 0.118. The summed E-state index contributed by atoms with van der Waals surface area (Å²) >= 11 is 1.68. The van der Waals surface area contributed by atoms with Crippen LogP contribution in [0.1, 0.15) is 17.0 Å². The van der Waals surface area contributed by atoms with Crippen LogP contribution in [0, 0.1) is 0 Å². The van der Waals surface area contributed by atoms with Crippen LogP contribution in [0.25, 0.3) is 10.2 Å². The van der Waals surface area contributed by atoms with Crippen molar-refractivity contribution in [2.75, 3.05) is 39.3 Å². The van der Waals surface area contributed by atoms with Crippen LogP contribution in [0.3, 0.4) is 0 Å². The van der Waals surface area contributed by atoms with Crippen molar-refractivity contribution in [2.45, 2.75) is 19.4 Å². The van der Waals surface area contributed by atoms with Gasteiger partial charge in [-0.3, -0.25) is 14.6 Å². The highest BCUT2D eigenvalue weighted by Gasteiger charge is 2.16. The van der Waals surface area contributed by atoms with E-state index in [4.69, 9.17) is 0 Å². The van der Waals surface area contributed by atoms with E-state index in [0.29, 0.717) is 12.8 Å². The maximum absolute atomic E-state index is 12.2. The minimum Gasteiger partial charge on any atom is -0.355 e. The van der Waals surface area contributed by atoms with Gasteiger partial charge in [-0.05, 0) is 17.7 Å². The molecule has 1 amide bonds. The summed E-state index contributed by atoms with van der Waals surface area (Å²) in [7, 11) is 0. The van der Waals surface area contributed by atoms with E-state index in [2.05, 4.69) is 56.5 Å². The number of para-hydroxylation sites is 1. The van der Waals surface area contributed by atoms with Crippen LogP contribution in [0.2, 0.25) is 0 Å². The Morgan fingerprint density at radius 1 is 0.966 bits per heavy atom. The van der Waals surface area contributed by atoms with Gasteiger partial charge in [-0.15, -0.1) is 11.3 Å². The molecule has 6 heteroatoms. The molecule has 2 heterocycles. The molecule has 0 spiro atoms. The van der Waals surface area contributed by atoms with Crippen molar-refractivity contribution in [3.8, 4) is 0 Å². The zero-order valence-corrected chi connectivity index (χ0v) is 17.5. The molecule has 2 aromatic carbocycles. The van der Waals surface area contributed by atoms with Gasteiger partial charge in [0.15, 0.2) is 0 Å². The number of aryl methyl sites for hydroxylation is 1. The molecule has 5 nitrogen and oxygen atoms in total. The summed E-state index contributed by atoms with van der Waals surface area (Å²) in [5, 5.41) is 4.11. The van der Waals surface area contributed by atoms with Crippen molar-refractivity contribution >= 4 is 27.5 Å². The Bertz CT molecular complexity index is 886. The van der Waals surface area contributed by atoms with Crippen LogP contribution in [0.15, 0.2) is 54.6 Å². The number of benzene rings is 2. The maximum Gasteiger partial charge on any atom is 0.220 e. The minimum atomic E-state index is 0.118. The predicted octanol–water partition coefficient (Wildman–Crippen LogP) is 3.16. The predicted molar refractivity (Wildman–Crippen MR) is 119 cm³/mol. The largest absolute Gasteiger partial charge is 0.355 e. The van der Waals surface area contributed by atoms with E-state index in [9.17, 15) is 4.79 Å². The number of nitrogens with zero attached hydrogens (tertiary/aromatic N) is 3. The summed E-state index contributed by atoms with van der Waals surface area (Å²) in [6.45, 7) is 6.96. The fourth-order valence-electron chi connectivity index (χ4n) is 3.70. The first-order chi connectivity index (χ1) is 14.3. The lowest BCUT2D eigenvalue weighted by Crippen LogP contribution is -2.48. The number of carbonyl (C=O) groups excluding carboxylic acids is 1. The first-order valence-corrected chi connectivity index (χ1v) is 11.2. The molecule has 1 saturated heterocycles. The van der Waals surface area contributed by atoms with E-state index < -0.39 is 0 Å². The Hall–Kier alpha value is -2.28. The fourth-order valence-corrected chi connectivity index (χ4v) is 4.67. The number of hydrogen-bond acceptors (Lipinski definition) is 5. The highest BCUT2D eigenvalue weighted by Crippen LogP contribution is 2.22. The van der Waals surface area contributed by atoms with Crippen LogP contribution in [0.4, 0.5) is 0 Å². The molecule has 0 radical (unpaired) electrons. The molecule has 1 N–H and O–H groups in total. The molecular formula is C23H28N4OS. The molecule has 4 rings (SSSR count). The number of carbonyl (C=O) groups is 1. The van der Waals surface area contributed by atoms with E-state index in [1.54, 1.807) is 11.3 Å². The molecule has 1 aliphatic heterocycles. The molecule has 1 fully saturated rings. The summed E-state index contributed by atoms with van der Waals surface area (Å²) in [6.07, 6.45) is 1.22. The van der Waals surface area contributed by atoms with Crippen molar-refractivity contribution < 1.29 is 4.79 Å². The molecule has 1 aliphatic rings. The number of aromatic nitrogens is 1. The smallest absolute Gasteiger partial charge is 0.220 e. The number of hydrogen-bond donors (Lipinski definition) is 1. The second-order valence-corrected chi connectivity index (χ2v) is 8.64. The molecule has 0 saturated carbocycles. The molecular weight excluding hydrogens is 380 g/mol. The molecule has 0 atom stereocenters. The van der Waals surface area contributed by atoms with Crippen LogP contribution in [0.5, 0.6) is 0 Å². The van der Waals surface area contributed by atoms with Crippen LogP contribution < -0.4 is 5.32 Å². The first-order valence-electron chi connectivity index (χ1n) is 10.4. The van der Waals surface area contributed by atoms with Crippen molar-refractivity contribution in [1.82, 2.24) is 20.1 Å². The average molecular weight is 409 g/mol. The highest BCUT2D eigenvalue weighted by atomic mass is 32.1. The standard InChI is InChI=1S/C23H28N4OS/c28-22(10-11-23-25-20-8-4-5-9-21(20)29-23)24-12-13-26-14-16-27(17-15-26)18-19-6-2-1-3-7-19/h1-9H,10-18H2,(H,24,28). The molecule has 3 aromatic rings. The molecule has 29 heavy (non-hydrogen) atoms. The lowest BCUT2D eigenvalue weighted by atomic mass is 10.2. The monoisotopic (exact) mass is 408 g/mol. The van der Waals surface area contributed by atoms with Gasteiger partial charge in [-0.2, -0.15) is 0 Å². The number of amides is 1. The van der Waals surface area contributed by atoms with Gasteiger partial charge in [0.25, 0.3) is 0 Å². The lowest BCUT2D eigenvalue weighted by Gasteiger charge is -2.34. The molecule has 0 aliphatic carbocycles. The van der Waals surface area contributed by atoms with Crippen LogP contribution in [-0.2, 0) is 17.8 Å². The van der Waals surface area contributed by atoms with Crippen LogP contribution >= 0.6 is 11.3 Å². The van der Waals surface area contributed by atoms with E-state index in [-0.39, 0.29) is 5.91 Å². The minimum absolute atomic E-state index is 0.118. The van der Waals surface area contributed by atoms with Gasteiger partial charge in [0, 0.05) is 58.7 Å². The van der Waals surface area contributed by atoms with Crippen molar-refractivity contribution in [3.05, 3.63) is 65.2 Å². The molecule has 0 unspecified atom stereocenters. The Morgan fingerprint density at radius 2 is 1.69 bits per heavy atom. The fraction of sp³-hybridized carbons (Fsp3) is 0.391. The van der Waals surface area contributed by atoms with Gasteiger partial charge in [-0.1, -0.05) is 42.5 Å². The van der Waals surface area contributed by atoms with Gasteiger partial charge >= 0.3 is 0 Å². The molecule has 0 bridgehead atoms. The van der Waals surface area contributed by atoms with Gasteiger partial charge in [0.1, 0.15) is 0 Å². The van der Waals surface area contributed by atoms with Crippen molar-refractivity contribution in [1.29, 1.82) is 0 Å². The third-order valence-corrected chi connectivity index (χ3v) is 6.46. The summed E-state index contributed by atoms with van der Waals surface area (Å²) in [5.41, 5.74) is 2.40. The third kappa shape index (κ3) is 5.85. The van der Waals surface area contributed by atoms with E-state index in [0.717, 1.165) is 56.3 Å². The number of piperazine rings is 1. The first kappa shape index (κ1) is 20.0. The average Bonchev–Trinajstić information content (AvgIpc) is 3.17. The normalized spacial score (nSPS) is 15.6. The Labute approximate surface area is 176 Å². The van der Waals surface area contributed by atoms with Crippen molar-refractivity contribution in [2.24, 2.45) is 0 Å². The Morgan fingerprint density at radius 3 is 2.48 bits per heavy atom. The summed E-state index contributed by atoms with van der Waals surface area (Å²) in [6, 6.07) is 18.8. The quantitative estimate of drug-likeness (QED) is 0.622. The zero-order valence-electron chi connectivity index (χ0n) is 16.7. The SMILES string of the molecule is O=C(CCc1nc2ccccc2s1)NCCN1CCN(Cc2ccccc2)CC1. The van der Waals surface area contributed by atoms with Gasteiger partial charge < -0.3 is 5.32 Å². The second-order valence-electron chi connectivity index (χ2n) is 7.53. The number of fused-ring (bicyclic) bond motifs is 1. The van der Waals surface area contributed by atoms with E-state index >= 15 is 0 Å². The lowest BCUT2D eigenvalue weighted by molar-refractivity contribution is -0.121. The van der Waals surface area contributed by atoms with Crippen LogP contribution in [-0.4, -0.2) is 60.0 Å². The van der Waals surface area contributed by atoms with Crippen molar-refractivity contribution in [3.63, 3.8) is 0 Å². The number of thiazole rings is 1.